The first-order chi connectivity index (χ1) is 13.3. The summed E-state index contributed by atoms with van der Waals surface area (Å²) in [5, 5.41) is 1.76. The highest BCUT2D eigenvalue weighted by Crippen LogP contribution is 2.45. The Morgan fingerprint density at radius 3 is 2.14 bits per heavy atom. The minimum absolute atomic E-state index is 0.438. The maximum absolute atomic E-state index is 12.5. The molecular formula is C22H27NO5. The van der Waals surface area contributed by atoms with E-state index >= 15 is 0 Å². The summed E-state index contributed by atoms with van der Waals surface area (Å²) in [5.41, 5.74) is 1.29. The van der Waals surface area contributed by atoms with E-state index in [1.165, 1.54) is 7.11 Å². The van der Waals surface area contributed by atoms with Crippen molar-refractivity contribution in [1.82, 2.24) is 5.06 Å². The minimum atomic E-state index is -0.818. The highest BCUT2D eigenvalue weighted by atomic mass is 16.7. The Labute approximate surface area is 165 Å². The maximum Gasteiger partial charge on any atom is 0.337 e. The zero-order valence-electron chi connectivity index (χ0n) is 16.9. The van der Waals surface area contributed by atoms with Crippen molar-refractivity contribution < 1.29 is 23.8 Å². The molecule has 2 aromatic carbocycles. The number of rotatable bonds is 5. The van der Waals surface area contributed by atoms with Crippen molar-refractivity contribution in [3.05, 3.63) is 65.7 Å². The fraction of sp³-hybridized carbons (Fsp3) is 0.409. The quantitative estimate of drug-likeness (QED) is 0.724. The predicted molar refractivity (Wildman–Crippen MR) is 104 cm³/mol. The molecule has 1 heterocycles. The first-order valence-corrected chi connectivity index (χ1v) is 9.23. The van der Waals surface area contributed by atoms with Crippen LogP contribution in [0, 0.1) is 0 Å². The fourth-order valence-corrected chi connectivity index (χ4v) is 3.24. The lowest BCUT2D eigenvalue weighted by atomic mass is 10.0. The Bertz CT molecular complexity index is 785. The molecule has 0 spiro atoms. The van der Waals surface area contributed by atoms with E-state index in [2.05, 4.69) is 0 Å². The molecule has 150 valence electrons. The SMILES string of the molecule is COC(=O)[C@H]1O[C@@H](c2ccc(OC)cc2)N(OC(C)(C)C)[C@H]1c1ccccc1. The van der Waals surface area contributed by atoms with Crippen LogP contribution in [0.3, 0.4) is 0 Å². The molecule has 2 aromatic rings. The Balaban J connectivity index is 2.05. The van der Waals surface area contributed by atoms with Gasteiger partial charge in [-0.25, -0.2) is 4.79 Å². The van der Waals surface area contributed by atoms with Gasteiger partial charge in [-0.15, -0.1) is 5.06 Å². The number of carbonyl (C=O) groups is 1. The van der Waals surface area contributed by atoms with Crippen molar-refractivity contribution in [2.75, 3.05) is 14.2 Å². The van der Waals surface area contributed by atoms with Crippen molar-refractivity contribution in [1.29, 1.82) is 0 Å². The van der Waals surface area contributed by atoms with E-state index in [4.69, 9.17) is 19.0 Å². The van der Waals surface area contributed by atoms with Crippen LogP contribution in [0.2, 0.25) is 0 Å². The van der Waals surface area contributed by atoms with E-state index in [1.807, 2.05) is 75.4 Å². The number of hydrogen-bond donors (Lipinski definition) is 0. The standard InChI is InChI=1S/C22H27NO5/c1-22(2,3)28-23-18(15-9-7-6-8-10-15)19(21(24)26-5)27-20(23)16-11-13-17(25-4)14-12-16/h6-14,18-20H,1-5H3/t18-,19-,20-/m0/s1. The van der Waals surface area contributed by atoms with Gasteiger partial charge in [0.15, 0.2) is 12.3 Å². The minimum Gasteiger partial charge on any atom is -0.497 e. The Hall–Kier alpha value is -2.41. The van der Waals surface area contributed by atoms with E-state index in [0.717, 1.165) is 16.9 Å². The van der Waals surface area contributed by atoms with Gasteiger partial charge in [0.2, 0.25) is 0 Å². The smallest absolute Gasteiger partial charge is 0.337 e. The van der Waals surface area contributed by atoms with E-state index in [0.29, 0.717) is 0 Å². The molecule has 1 aliphatic heterocycles. The lowest BCUT2D eigenvalue weighted by Gasteiger charge is -2.34. The summed E-state index contributed by atoms with van der Waals surface area (Å²) in [5.74, 6) is 0.307. The van der Waals surface area contributed by atoms with Gasteiger partial charge >= 0.3 is 5.97 Å². The number of nitrogens with zero attached hydrogens (tertiary/aromatic N) is 1. The number of ether oxygens (including phenoxy) is 3. The third kappa shape index (κ3) is 4.35. The molecule has 3 rings (SSSR count). The van der Waals surface area contributed by atoms with Crippen LogP contribution in [-0.4, -0.2) is 37.0 Å². The number of hydrogen-bond acceptors (Lipinski definition) is 6. The second-order valence-electron chi connectivity index (χ2n) is 7.62. The molecule has 0 bridgehead atoms. The predicted octanol–water partition coefficient (Wildman–Crippen LogP) is 4.04. The van der Waals surface area contributed by atoms with Crippen molar-refractivity contribution >= 4 is 5.97 Å². The highest BCUT2D eigenvalue weighted by Gasteiger charge is 2.50. The molecule has 0 unspecified atom stereocenters. The first kappa shape index (κ1) is 20.3. The molecule has 0 radical (unpaired) electrons. The molecule has 0 aromatic heterocycles. The summed E-state index contributed by atoms with van der Waals surface area (Å²) < 4.78 is 16.5. The van der Waals surface area contributed by atoms with Crippen molar-refractivity contribution in [2.45, 2.75) is 44.7 Å². The molecule has 0 amide bonds. The second-order valence-corrected chi connectivity index (χ2v) is 7.62. The average Bonchev–Trinajstić information content (AvgIpc) is 3.05. The zero-order chi connectivity index (χ0) is 20.3. The zero-order valence-corrected chi connectivity index (χ0v) is 16.9. The van der Waals surface area contributed by atoms with Gasteiger partial charge in [-0.05, 0) is 44.0 Å². The van der Waals surface area contributed by atoms with Crippen molar-refractivity contribution in [3.63, 3.8) is 0 Å². The van der Waals surface area contributed by atoms with Gasteiger partial charge in [-0.1, -0.05) is 42.5 Å². The van der Waals surface area contributed by atoms with Crippen LogP contribution in [0.4, 0.5) is 0 Å². The molecule has 0 N–H and O–H groups in total. The number of hydroxylamine groups is 2. The van der Waals surface area contributed by atoms with Crippen LogP contribution in [-0.2, 0) is 19.1 Å². The summed E-state index contributed by atoms with van der Waals surface area (Å²) in [6, 6.07) is 16.8. The van der Waals surface area contributed by atoms with E-state index < -0.39 is 29.9 Å². The molecular weight excluding hydrogens is 358 g/mol. The Morgan fingerprint density at radius 1 is 0.964 bits per heavy atom. The van der Waals surface area contributed by atoms with Crippen LogP contribution in [0.25, 0.3) is 0 Å². The number of carbonyl (C=O) groups excluding carboxylic acids is 1. The number of esters is 1. The number of methoxy groups -OCH3 is 2. The number of benzene rings is 2. The summed E-state index contributed by atoms with van der Waals surface area (Å²) in [7, 11) is 2.98. The molecule has 6 nitrogen and oxygen atoms in total. The van der Waals surface area contributed by atoms with E-state index in [9.17, 15) is 4.79 Å². The van der Waals surface area contributed by atoms with Crippen LogP contribution in [0.1, 0.15) is 44.2 Å². The monoisotopic (exact) mass is 385 g/mol. The topological polar surface area (TPSA) is 57.2 Å². The summed E-state index contributed by atoms with van der Waals surface area (Å²) in [6.07, 6.45) is -1.39. The molecule has 1 fully saturated rings. The normalized spacial score (nSPS) is 22.8. The summed E-state index contributed by atoms with van der Waals surface area (Å²) in [6.45, 7) is 5.89. The summed E-state index contributed by atoms with van der Waals surface area (Å²) >= 11 is 0. The second kappa shape index (κ2) is 8.31. The van der Waals surface area contributed by atoms with Gasteiger partial charge in [-0.3, -0.25) is 4.84 Å². The van der Waals surface area contributed by atoms with Crippen molar-refractivity contribution in [2.24, 2.45) is 0 Å². The summed E-state index contributed by atoms with van der Waals surface area (Å²) in [4.78, 5) is 18.8. The van der Waals surface area contributed by atoms with Gasteiger partial charge in [0.25, 0.3) is 0 Å². The highest BCUT2D eigenvalue weighted by molar-refractivity contribution is 5.76. The molecule has 6 heteroatoms. The van der Waals surface area contributed by atoms with Gasteiger partial charge in [0, 0.05) is 0 Å². The molecule has 3 atom stereocenters. The van der Waals surface area contributed by atoms with E-state index in [-0.39, 0.29) is 0 Å². The first-order valence-electron chi connectivity index (χ1n) is 9.23. The fourth-order valence-electron chi connectivity index (χ4n) is 3.24. The van der Waals surface area contributed by atoms with Gasteiger partial charge in [0.1, 0.15) is 11.8 Å². The molecule has 1 saturated heterocycles. The maximum atomic E-state index is 12.5. The lowest BCUT2D eigenvalue weighted by molar-refractivity contribution is -0.278. The third-order valence-electron chi connectivity index (χ3n) is 4.42. The third-order valence-corrected chi connectivity index (χ3v) is 4.42. The lowest BCUT2D eigenvalue weighted by Crippen LogP contribution is -2.38. The van der Waals surface area contributed by atoms with Gasteiger partial charge in [-0.2, -0.15) is 0 Å². The Morgan fingerprint density at radius 2 is 1.61 bits per heavy atom. The largest absolute Gasteiger partial charge is 0.497 e. The van der Waals surface area contributed by atoms with Crippen LogP contribution < -0.4 is 4.74 Å². The van der Waals surface area contributed by atoms with E-state index in [1.54, 1.807) is 12.2 Å². The van der Waals surface area contributed by atoms with Crippen LogP contribution in [0.5, 0.6) is 5.75 Å². The average molecular weight is 385 g/mol. The molecule has 1 aliphatic rings. The van der Waals surface area contributed by atoms with Gasteiger partial charge < -0.3 is 14.2 Å². The van der Waals surface area contributed by atoms with Crippen molar-refractivity contribution in [3.8, 4) is 5.75 Å². The molecule has 28 heavy (non-hydrogen) atoms. The molecule has 0 saturated carbocycles. The van der Waals surface area contributed by atoms with Crippen LogP contribution in [0.15, 0.2) is 54.6 Å². The Kier molecular flexibility index (Phi) is 6.03. The van der Waals surface area contributed by atoms with Crippen LogP contribution >= 0.6 is 0 Å². The van der Waals surface area contributed by atoms with Gasteiger partial charge in [0.05, 0.1) is 19.8 Å². The molecule has 0 aliphatic carbocycles.